The zero-order chi connectivity index (χ0) is 23.4. The Morgan fingerprint density at radius 3 is 2.68 bits per heavy atom. The number of hydrogen-bond donors (Lipinski definition) is 3. The molecule has 4 aromatic heterocycles. The van der Waals surface area contributed by atoms with Crippen LogP contribution in [0.5, 0.6) is 0 Å². The molecule has 9 nitrogen and oxygen atoms in total. The Labute approximate surface area is 196 Å². The Balaban J connectivity index is 1.18. The molecule has 2 amide bonds. The number of H-pyrrole nitrogens is 1. The van der Waals surface area contributed by atoms with Crippen molar-refractivity contribution in [2.75, 3.05) is 10.6 Å². The molecule has 2 saturated carbocycles. The van der Waals surface area contributed by atoms with Gasteiger partial charge in [-0.1, -0.05) is 6.42 Å². The Hall–Kier alpha value is -4.01. The van der Waals surface area contributed by atoms with Crippen molar-refractivity contribution >= 4 is 34.2 Å². The number of aromatic amines is 1. The fourth-order valence-corrected chi connectivity index (χ4v) is 4.91. The molecule has 172 valence electrons. The Morgan fingerprint density at radius 2 is 1.97 bits per heavy atom. The molecule has 4 aromatic rings. The van der Waals surface area contributed by atoms with Crippen LogP contribution in [0.2, 0.25) is 0 Å². The van der Waals surface area contributed by atoms with E-state index in [1.165, 1.54) is 6.42 Å². The van der Waals surface area contributed by atoms with E-state index < -0.39 is 0 Å². The summed E-state index contributed by atoms with van der Waals surface area (Å²) < 4.78 is 1.73. The number of hydrogen-bond acceptors (Lipinski definition) is 5. The average Bonchev–Trinajstić information content (AvgIpc) is 3.22. The van der Waals surface area contributed by atoms with Gasteiger partial charge in [-0.2, -0.15) is 5.10 Å². The van der Waals surface area contributed by atoms with Crippen molar-refractivity contribution in [3.8, 4) is 11.3 Å². The smallest absolute Gasteiger partial charge is 0.257 e. The predicted molar refractivity (Wildman–Crippen MR) is 128 cm³/mol. The van der Waals surface area contributed by atoms with Crippen LogP contribution in [0.15, 0.2) is 43.0 Å². The molecule has 1 atom stereocenters. The highest BCUT2D eigenvalue weighted by Gasteiger charge is 2.60. The molecule has 0 aromatic carbocycles. The van der Waals surface area contributed by atoms with Crippen molar-refractivity contribution in [1.29, 1.82) is 0 Å². The summed E-state index contributed by atoms with van der Waals surface area (Å²) >= 11 is 0. The summed E-state index contributed by atoms with van der Waals surface area (Å²) in [6.07, 6.45) is 11.4. The van der Waals surface area contributed by atoms with Gasteiger partial charge in [-0.15, -0.1) is 0 Å². The number of pyridine rings is 2. The van der Waals surface area contributed by atoms with E-state index in [0.717, 1.165) is 35.9 Å². The maximum Gasteiger partial charge on any atom is 0.257 e. The number of carbonyl (C=O) groups is 2. The molecule has 4 heterocycles. The van der Waals surface area contributed by atoms with Crippen LogP contribution in [0, 0.1) is 18.3 Å². The fourth-order valence-electron chi connectivity index (χ4n) is 4.91. The third-order valence-corrected chi connectivity index (χ3v) is 7.21. The van der Waals surface area contributed by atoms with Crippen LogP contribution < -0.4 is 10.6 Å². The minimum absolute atomic E-state index is 0.0501. The molecule has 1 unspecified atom stereocenters. The van der Waals surface area contributed by atoms with Crippen LogP contribution in [0.3, 0.4) is 0 Å². The maximum absolute atomic E-state index is 13.0. The third-order valence-electron chi connectivity index (χ3n) is 7.21. The molecule has 34 heavy (non-hydrogen) atoms. The van der Waals surface area contributed by atoms with Gasteiger partial charge in [0, 0.05) is 36.3 Å². The molecule has 1 spiro atoms. The van der Waals surface area contributed by atoms with Gasteiger partial charge in [0.1, 0.15) is 5.65 Å². The van der Waals surface area contributed by atoms with E-state index in [-0.39, 0.29) is 23.1 Å². The van der Waals surface area contributed by atoms with E-state index in [1.54, 1.807) is 35.4 Å². The number of anilines is 2. The lowest BCUT2D eigenvalue weighted by Gasteiger charge is -2.26. The first-order valence-corrected chi connectivity index (χ1v) is 11.5. The van der Waals surface area contributed by atoms with E-state index in [4.69, 9.17) is 0 Å². The number of amides is 2. The van der Waals surface area contributed by atoms with Gasteiger partial charge in [0.15, 0.2) is 0 Å². The standard InChI is InChI=1S/C25H25N7O2/c1-14-20(8-18(12-26-14)29-24(34)19-9-25(19)4-3-5-25)31-23(33)16-6-15-7-21(30-22(15)27-10-16)17-11-28-32(2)13-17/h6-8,10-13,19H,3-5,9H2,1-2H3,(H,27,30)(H,29,34)(H,31,33). The van der Waals surface area contributed by atoms with Crippen LogP contribution in [0.4, 0.5) is 11.4 Å². The van der Waals surface area contributed by atoms with Gasteiger partial charge in [0.05, 0.1) is 40.7 Å². The normalized spacial score (nSPS) is 18.0. The van der Waals surface area contributed by atoms with E-state index in [1.807, 2.05) is 26.2 Å². The lowest BCUT2D eigenvalue weighted by molar-refractivity contribution is -0.118. The highest BCUT2D eigenvalue weighted by atomic mass is 16.2. The second-order valence-electron chi connectivity index (χ2n) is 9.52. The molecule has 0 aliphatic heterocycles. The van der Waals surface area contributed by atoms with Crippen LogP contribution in [-0.2, 0) is 11.8 Å². The lowest BCUT2D eigenvalue weighted by atomic mass is 9.80. The number of nitrogens with one attached hydrogen (secondary N) is 3. The second-order valence-corrected chi connectivity index (χ2v) is 9.52. The van der Waals surface area contributed by atoms with Gasteiger partial charge in [-0.05, 0) is 49.8 Å². The molecular formula is C25H25N7O2. The van der Waals surface area contributed by atoms with Crippen LogP contribution in [-0.4, -0.2) is 36.5 Å². The Kier molecular flexibility index (Phi) is 4.55. The SMILES string of the molecule is Cc1ncc(NC(=O)C2CC23CCC3)cc1NC(=O)c1cnc2[nH]c(-c3cnn(C)c3)cc2c1. The van der Waals surface area contributed by atoms with Crippen molar-refractivity contribution in [3.05, 3.63) is 54.2 Å². The zero-order valence-electron chi connectivity index (χ0n) is 19.1. The summed E-state index contributed by atoms with van der Waals surface area (Å²) in [4.78, 5) is 37.6. The zero-order valence-corrected chi connectivity index (χ0v) is 19.1. The summed E-state index contributed by atoms with van der Waals surface area (Å²) in [6, 6.07) is 5.51. The van der Waals surface area contributed by atoms with Gasteiger partial charge < -0.3 is 15.6 Å². The lowest BCUT2D eigenvalue weighted by Crippen LogP contribution is -2.23. The minimum atomic E-state index is -0.289. The quantitative estimate of drug-likeness (QED) is 0.420. The van der Waals surface area contributed by atoms with Crippen molar-refractivity contribution in [1.82, 2.24) is 24.7 Å². The highest BCUT2D eigenvalue weighted by molar-refractivity contribution is 6.06. The molecule has 9 heteroatoms. The minimum Gasteiger partial charge on any atom is -0.339 e. The number of aryl methyl sites for hydroxylation is 2. The second kappa shape index (κ2) is 7.51. The first-order chi connectivity index (χ1) is 16.4. The first kappa shape index (κ1) is 20.6. The van der Waals surface area contributed by atoms with E-state index in [0.29, 0.717) is 28.3 Å². The maximum atomic E-state index is 13.0. The molecule has 6 rings (SSSR count). The molecule has 0 radical (unpaired) electrons. The summed E-state index contributed by atoms with van der Waals surface area (Å²) in [7, 11) is 1.86. The summed E-state index contributed by atoms with van der Waals surface area (Å²) in [5.41, 5.74) is 5.04. The number of nitrogens with zero attached hydrogens (tertiary/aromatic N) is 4. The van der Waals surface area contributed by atoms with Crippen molar-refractivity contribution in [2.45, 2.75) is 32.6 Å². The number of carbonyl (C=O) groups excluding carboxylic acids is 2. The Bertz CT molecular complexity index is 1450. The van der Waals surface area contributed by atoms with Crippen LogP contribution in [0.25, 0.3) is 22.3 Å². The summed E-state index contributed by atoms with van der Waals surface area (Å²) in [6.45, 7) is 1.82. The topological polar surface area (TPSA) is 118 Å². The van der Waals surface area contributed by atoms with Gasteiger partial charge in [-0.3, -0.25) is 19.3 Å². The molecule has 2 aliphatic carbocycles. The molecule has 0 bridgehead atoms. The fraction of sp³-hybridized carbons (Fsp3) is 0.320. The third kappa shape index (κ3) is 3.53. The number of aromatic nitrogens is 5. The first-order valence-electron chi connectivity index (χ1n) is 11.5. The predicted octanol–water partition coefficient (Wildman–Crippen LogP) is 4.05. The largest absolute Gasteiger partial charge is 0.339 e. The summed E-state index contributed by atoms with van der Waals surface area (Å²) in [5.74, 6) is -0.131. The van der Waals surface area contributed by atoms with Crippen molar-refractivity contribution < 1.29 is 9.59 Å². The van der Waals surface area contributed by atoms with Crippen molar-refractivity contribution in [3.63, 3.8) is 0 Å². The van der Waals surface area contributed by atoms with Gasteiger partial charge in [-0.25, -0.2) is 4.98 Å². The van der Waals surface area contributed by atoms with Crippen LogP contribution >= 0.6 is 0 Å². The van der Waals surface area contributed by atoms with E-state index in [9.17, 15) is 9.59 Å². The number of rotatable bonds is 5. The van der Waals surface area contributed by atoms with E-state index in [2.05, 4.69) is 30.7 Å². The highest BCUT2D eigenvalue weighted by Crippen LogP contribution is 2.65. The average molecular weight is 456 g/mol. The van der Waals surface area contributed by atoms with Crippen LogP contribution in [0.1, 0.15) is 41.7 Å². The molecular weight excluding hydrogens is 430 g/mol. The molecule has 3 N–H and O–H groups in total. The molecule has 2 fully saturated rings. The molecule has 2 aliphatic rings. The van der Waals surface area contributed by atoms with Gasteiger partial charge in [0.2, 0.25) is 5.91 Å². The van der Waals surface area contributed by atoms with Gasteiger partial charge >= 0.3 is 0 Å². The summed E-state index contributed by atoms with van der Waals surface area (Å²) in [5, 5.41) is 10.9. The monoisotopic (exact) mass is 455 g/mol. The molecule has 0 saturated heterocycles. The van der Waals surface area contributed by atoms with E-state index >= 15 is 0 Å². The van der Waals surface area contributed by atoms with Crippen molar-refractivity contribution in [2.24, 2.45) is 18.4 Å². The number of fused-ring (bicyclic) bond motifs is 1. The Morgan fingerprint density at radius 1 is 1.12 bits per heavy atom. The van der Waals surface area contributed by atoms with Gasteiger partial charge in [0.25, 0.3) is 5.91 Å².